The predicted octanol–water partition coefficient (Wildman–Crippen LogP) is 3.98. The molecule has 28 heavy (non-hydrogen) atoms. The van der Waals surface area contributed by atoms with Crippen LogP contribution in [0.5, 0.6) is 0 Å². The highest BCUT2D eigenvalue weighted by molar-refractivity contribution is 5.80. The molecule has 0 spiro atoms. The summed E-state index contributed by atoms with van der Waals surface area (Å²) in [6.45, 7) is 3.43. The van der Waals surface area contributed by atoms with Crippen LogP contribution in [0.25, 0.3) is 16.9 Å². The molecule has 0 radical (unpaired) electrons. The fourth-order valence-electron chi connectivity index (χ4n) is 3.54. The number of hydrogen-bond acceptors (Lipinski definition) is 5. The van der Waals surface area contributed by atoms with Crippen LogP contribution in [0.15, 0.2) is 73.2 Å². The maximum absolute atomic E-state index is 5.45. The molecule has 1 N–H and O–H groups in total. The Balaban J connectivity index is 1.53. The average molecular weight is 371 g/mol. The molecule has 2 aromatic carbocycles. The second-order valence-electron chi connectivity index (χ2n) is 6.75. The molecular formula is C22H21N5O. The Morgan fingerprint density at radius 2 is 1.71 bits per heavy atom. The highest BCUT2D eigenvalue weighted by Crippen LogP contribution is 2.32. The van der Waals surface area contributed by atoms with Gasteiger partial charge < -0.3 is 15.0 Å². The molecule has 6 heteroatoms. The van der Waals surface area contributed by atoms with Crippen LogP contribution in [-0.2, 0) is 4.74 Å². The van der Waals surface area contributed by atoms with E-state index >= 15 is 0 Å². The zero-order valence-electron chi connectivity index (χ0n) is 15.5. The van der Waals surface area contributed by atoms with Crippen LogP contribution in [0.4, 0.5) is 17.2 Å². The van der Waals surface area contributed by atoms with Crippen molar-refractivity contribution in [1.29, 1.82) is 0 Å². The van der Waals surface area contributed by atoms with Crippen LogP contribution in [0, 0.1) is 0 Å². The smallest absolute Gasteiger partial charge is 0.157 e. The Morgan fingerprint density at radius 3 is 2.50 bits per heavy atom. The van der Waals surface area contributed by atoms with Crippen LogP contribution < -0.4 is 10.2 Å². The largest absolute Gasteiger partial charge is 0.378 e. The summed E-state index contributed by atoms with van der Waals surface area (Å²) >= 11 is 0. The van der Waals surface area contributed by atoms with E-state index in [4.69, 9.17) is 9.72 Å². The minimum Gasteiger partial charge on any atom is -0.378 e. The number of aromatic nitrogens is 3. The summed E-state index contributed by atoms with van der Waals surface area (Å²) in [4.78, 5) is 11.4. The summed E-state index contributed by atoms with van der Waals surface area (Å²) in [5, 5.41) is 3.52. The first kappa shape index (κ1) is 16.8. The van der Waals surface area contributed by atoms with Gasteiger partial charge in [0.1, 0.15) is 11.5 Å². The average Bonchev–Trinajstić information content (AvgIpc) is 3.14. The maximum atomic E-state index is 5.45. The lowest BCUT2D eigenvalue weighted by Gasteiger charge is -2.28. The van der Waals surface area contributed by atoms with Crippen LogP contribution in [0.2, 0.25) is 0 Å². The van der Waals surface area contributed by atoms with Gasteiger partial charge in [-0.25, -0.2) is 4.98 Å². The second-order valence-corrected chi connectivity index (χ2v) is 6.75. The van der Waals surface area contributed by atoms with Gasteiger partial charge >= 0.3 is 0 Å². The summed E-state index contributed by atoms with van der Waals surface area (Å²) in [5.41, 5.74) is 5.03. The predicted molar refractivity (Wildman–Crippen MR) is 111 cm³/mol. The van der Waals surface area contributed by atoms with E-state index in [1.165, 1.54) is 5.69 Å². The number of nitrogens with zero attached hydrogens (tertiary/aromatic N) is 4. The first-order chi connectivity index (χ1) is 13.9. The van der Waals surface area contributed by atoms with Crippen LogP contribution in [-0.4, -0.2) is 40.7 Å². The molecule has 2 aromatic heterocycles. The third-order valence-electron chi connectivity index (χ3n) is 4.98. The lowest BCUT2D eigenvalue weighted by Crippen LogP contribution is -2.36. The van der Waals surface area contributed by atoms with E-state index in [1.54, 1.807) is 12.4 Å². The molecule has 0 bridgehead atoms. The first-order valence-electron chi connectivity index (χ1n) is 9.46. The normalized spacial score (nSPS) is 14.4. The van der Waals surface area contributed by atoms with Crippen molar-refractivity contribution in [1.82, 2.24) is 14.4 Å². The van der Waals surface area contributed by atoms with Crippen molar-refractivity contribution in [3.8, 4) is 11.3 Å². The van der Waals surface area contributed by atoms with Crippen molar-refractivity contribution >= 4 is 22.8 Å². The summed E-state index contributed by atoms with van der Waals surface area (Å²) < 4.78 is 7.48. The zero-order chi connectivity index (χ0) is 18.8. The standard InChI is InChI=1S/C22H21N5O/c1-2-4-18(5-3-1)24-22-21(25-20-16-23-10-11-27(20)22)17-6-8-19(9-7-17)26-12-14-28-15-13-26/h1-11,16,24H,12-15H2. The fraction of sp³-hybridized carbons (Fsp3) is 0.182. The quantitative estimate of drug-likeness (QED) is 0.588. The number of hydrogen-bond donors (Lipinski definition) is 1. The fourth-order valence-corrected chi connectivity index (χ4v) is 3.54. The number of fused-ring (bicyclic) bond motifs is 1. The van der Waals surface area contributed by atoms with Gasteiger partial charge in [-0.05, 0) is 24.3 Å². The molecule has 1 aliphatic rings. The van der Waals surface area contributed by atoms with Gasteiger partial charge in [0, 0.05) is 42.4 Å². The highest BCUT2D eigenvalue weighted by Gasteiger charge is 2.16. The van der Waals surface area contributed by atoms with Crippen molar-refractivity contribution < 1.29 is 4.74 Å². The molecule has 140 valence electrons. The molecule has 5 rings (SSSR count). The van der Waals surface area contributed by atoms with Gasteiger partial charge in [-0.1, -0.05) is 30.3 Å². The number of rotatable bonds is 4. The Hall–Kier alpha value is -3.38. The van der Waals surface area contributed by atoms with Crippen LogP contribution in [0.3, 0.4) is 0 Å². The van der Waals surface area contributed by atoms with Crippen LogP contribution in [0.1, 0.15) is 0 Å². The molecule has 0 amide bonds. The van der Waals surface area contributed by atoms with Gasteiger partial charge in [-0.3, -0.25) is 9.38 Å². The Morgan fingerprint density at radius 1 is 0.929 bits per heavy atom. The SMILES string of the molecule is c1ccc(Nc2c(-c3ccc(N4CCOCC4)cc3)nc3cnccn23)cc1. The maximum Gasteiger partial charge on any atom is 0.157 e. The van der Waals surface area contributed by atoms with E-state index in [-0.39, 0.29) is 0 Å². The molecule has 1 aliphatic heterocycles. The lowest BCUT2D eigenvalue weighted by atomic mass is 10.1. The van der Waals surface area contributed by atoms with E-state index in [0.29, 0.717) is 0 Å². The van der Waals surface area contributed by atoms with Crippen molar-refractivity contribution in [3.63, 3.8) is 0 Å². The highest BCUT2D eigenvalue weighted by atomic mass is 16.5. The molecule has 6 nitrogen and oxygen atoms in total. The lowest BCUT2D eigenvalue weighted by molar-refractivity contribution is 0.122. The van der Waals surface area contributed by atoms with E-state index in [9.17, 15) is 0 Å². The molecular weight excluding hydrogens is 350 g/mol. The van der Waals surface area contributed by atoms with E-state index in [2.05, 4.69) is 39.5 Å². The number of imidazole rings is 1. The second kappa shape index (κ2) is 7.32. The van der Waals surface area contributed by atoms with Gasteiger partial charge in [-0.2, -0.15) is 0 Å². The number of ether oxygens (including phenoxy) is 1. The first-order valence-corrected chi connectivity index (χ1v) is 9.46. The molecule has 1 fully saturated rings. The molecule has 0 atom stereocenters. The van der Waals surface area contributed by atoms with E-state index in [0.717, 1.165) is 54.7 Å². The van der Waals surface area contributed by atoms with Crippen LogP contribution >= 0.6 is 0 Å². The van der Waals surface area contributed by atoms with E-state index in [1.807, 2.05) is 40.9 Å². The van der Waals surface area contributed by atoms with Crippen molar-refractivity contribution in [2.24, 2.45) is 0 Å². The molecule has 4 aromatic rings. The monoisotopic (exact) mass is 371 g/mol. The Bertz CT molecular complexity index is 1070. The number of para-hydroxylation sites is 1. The van der Waals surface area contributed by atoms with Gasteiger partial charge in [0.25, 0.3) is 0 Å². The molecule has 1 saturated heterocycles. The summed E-state index contributed by atoms with van der Waals surface area (Å²) in [7, 11) is 0. The molecule has 3 heterocycles. The molecule has 0 aliphatic carbocycles. The van der Waals surface area contributed by atoms with Gasteiger partial charge in [0.15, 0.2) is 5.65 Å². The summed E-state index contributed by atoms with van der Waals surface area (Å²) in [5.74, 6) is 0.933. The minimum absolute atomic E-state index is 0.784. The zero-order valence-corrected chi connectivity index (χ0v) is 15.5. The van der Waals surface area contributed by atoms with Gasteiger partial charge in [0.05, 0.1) is 19.4 Å². The summed E-state index contributed by atoms with van der Waals surface area (Å²) in [6.07, 6.45) is 5.48. The minimum atomic E-state index is 0.784. The van der Waals surface area contributed by atoms with Crippen molar-refractivity contribution in [3.05, 3.63) is 73.2 Å². The van der Waals surface area contributed by atoms with E-state index < -0.39 is 0 Å². The third kappa shape index (κ3) is 3.18. The van der Waals surface area contributed by atoms with Crippen molar-refractivity contribution in [2.45, 2.75) is 0 Å². The van der Waals surface area contributed by atoms with Crippen molar-refractivity contribution in [2.75, 3.05) is 36.5 Å². The number of benzene rings is 2. The topological polar surface area (TPSA) is 54.7 Å². The molecule has 0 saturated carbocycles. The van der Waals surface area contributed by atoms with Gasteiger partial charge in [0.2, 0.25) is 0 Å². The Labute approximate surface area is 163 Å². The summed E-state index contributed by atoms with van der Waals surface area (Å²) in [6, 6.07) is 18.7. The van der Waals surface area contributed by atoms with Gasteiger partial charge in [-0.15, -0.1) is 0 Å². The molecule has 0 unspecified atom stereocenters. The number of nitrogens with one attached hydrogen (secondary N) is 1. The Kier molecular flexibility index (Phi) is 4.39. The number of anilines is 3. The third-order valence-corrected chi connectivity index (χ3v) is 4.98. The number of morpholine rings is 1.